The lowest BCUT2D eigenvalue weighted by Crippen LogP contribution is -2.07. The van der Waals surface area contributed by atoms with Gasteiger partial charge in [0.2, 0.25) is 0 Å². The Kier molecular flexibility index (Phi) is 4.52. The molecule has 1 aromatic rings. The van der Waals surface area contributed by atoms with Crippen molar-refractivity contribution in [3.05, 3.63) is 17.8 Å². The summed E-state index contributed by atoms with van der Waals surface area (Å²) >= 11 is 0. The first kappa shape index (κ1) is 11.1. The van der Waals surface area contributed by atoms with E-state index in [2.05, 4.69) is 15.5 Å². The quantitative estimate of drug-likeness (QED) is 0.740. The molecular formula is C9H15N3OS. The van der Waals surface area contributed by atoms with Crippen LogP contribution in [0.1, 0.15) is 12.1 Å². The molecule has 1 unspecified atom stereocenters. The highest BCUT2D eigenvalue weighted by molar-refractivity contribution is 7.84. The van der Waals surface area contributed by atoms with Crippen LogP contribution < -0.4 is 5.32 Å². The smallest absolute Gasteiger partial charge is 0.148 e. The van der Waals surface area contributed by atoms with Gasteiger partial charge in [0.05, 0.1) is 5.69 Å². The molecule has 4 nitrogen and oxygen atoms in total. The summed E-state index contributed by atoms with van der Waals surface area (Å²) in [6.45, 7) is 2.69. The van der Waals surface area contributed by atoms with Crippen LogP contribution in [-0.2, 0) is 10.8 Å². The van der Waals surface area contributed by atoms with Crippen molar-refractivity contribution in [1.29, 1.82) is 0 Å². The van der Waals surface area contributed by atoms with Gasteiger partial charge >= 0.3 is 0 Å². The van der Waals surface area contributed by atoms with Gasteiger partial charge < -0.3 is 5.32 Å². The number of anilines is 1. The second kappa shape index (κ2) is 5.70. The van der Waals surface area contributed by atoms with Crippen molar-refractivity contribution < 1.29 is 4.21 Å². The van der Waals surface area contributed by atoms with Crippen molar-refractivity contribution >= 4 is 16.6 Å². The van der Waals surface area contributed by atoms with Crippen LogP contribution >= 0.6 is 0 Å². The largest absolute Gasteiger partial charge is 0.369 e. The molecule has 1 N–H and O–H groups in total. The lowest BCUT2D eigenvalue weighted by molar-refractivity contribution is 0.685. The maximum Gasteiger partial charge on any atom is 0.148 e. The molecule has 0 fully saturated rings. The molecule has 0 saturated heterocycles. The molecule has 5 heteroatoms. The minimum Gasteiger partial charge on any atom is -0.369 e. The van der Waals surface area contributed by atoms with E-state index in [9.17, 15) is 4.21 Å². The van der Waals surface area contributed by atoms with Gasteiger partial charge in [0.15, 0.2) is 0 Å². The van der Waals surface area contributed by atoms with Gasteiger partial charge in [-0.15, -0.1) is 5.10 Å². The Morgan fingerprint density at radius 1 is 1.43 bits per heavy atom. The van der Waals surface area contributed by atoms with Crippen LogP contribution in [0.2, 0.25) is 0 Å². The average molecular weight is 213 g/mol. The minimum absolute atomic E-state index is 0.703. The molecule has 0 aliphatic heterocycles. The third kappa shape index (κ3) is 4.32. The van der Waals surface area contributed by atoms with Gasteiger partial charge in [0.25, 0.3) is 0 Å². The molecule has 0 saturated carbocycles. The van der Waals surface area contributed by atoms with Gasteiger partial charge in [0.1, 0.15) is 5.82 Å². The molecule has 0 aliphatic rings. The van der Waals surface area contributed by atoms with E-state index in [0.717, 1.165) is 30.2 Å². The van der Waals surface area contributed by atoms with Crippen LogP contribution in [0.4, 0.5) is 5.82 Å². The molecule has 0 aromatic carbocycles. The van der Waals surface area contributed by atoms with Crippen LogP contribution in [0.3, 0.4) is 0 Å². The van der Waals surface area contributed by atoms with E-state index >= 15 is 0 Å². The molecule has 1 rings (SSSR count). The monoisotopic (exact) mass is 213 g/mol. The number of nitrogens with one attached hydrogen (secondary N) is 1. The lowest BCUT2D eigenvalue weighted by atomic mass is 10.4. The molecular weight excluding hydrogens is 198 g/mol. The zero-order valence-electron chi connectivity index (χ0n) is 8.49. The predicted octanol–water partition coefficient (Wildman–Crippen LogP) is 0.966. The highest BCUT2D eigenvalue weighted by atomic mass is 32.2. The number of aryl methyl sites for hydroxylation is 1. The zero-order chi connectivity index (χ0) is 10.4. The summed E-state index contributed by atoms with van der Waals surface area (Å²) in [6.07, 6.45) is 2.60. The molecule has 78 valence electrons. The van der Waals surface area contributed by atoms with E-state index in [1.807, 2.05) is 19.1 Å². The normalized spacial score (nSPS) is 12.4. The van der Waals surface area contributed by atoms with E-state index < -0.39 is 10.8 Å². The number of aromatic nitrogens is 2. The van der Waals surface area contributed by atoms with Crippen molar-refractivity contribution in [2.24, 2.45) is 0 Å². The van der Waals surface area contributed by atoms with Crippen molar-refractivity contribution in [2.45, 2.75) is 13.3 Å². The molecule has 0 radical (unpaired) electrons. The van der Waals surface area contributed by atoms with Crippen LogP contribution in [-0.4, -0.2) is 33.0 Å². The maximum absolute atomic E-state index is 10.8. The maximum atomic E-state index is 10.8. The first-order valence-corrected chi connectivity index (χ1v) is 6.25. The van der Waals surface area contributed by atoms with E-state index in [-0.39, 0.29) is 0 Å². The Bertz CT molecular complexity index is 299. The van der Waals surface area contributed by atoms with Gasteiger partial charge in [-0.25, -0.2) is 0 Å². The highest BCUT2D eigenvalue weighted by Crippen LogP contribution is 2.00. The third-order valence-electron chi connectivity index (χ3n) is 1.71. The van der Waals surface area contributed by atoms with Gasteiger partial charge in [-0.3, -0.25) is 4.21 Å². The molecule has 1 atom stereocenters. The van der Waals surface area contributed by atoms with Crippen LogP contribution in [0, 0.1) is 6.92 Å². The van der Waals surface area contributed by atoms with E-state index in [0.29, 0.717) is 0 Å². The van der Waals surface area contributed by atoms with Crippen molar-refractivity contribution in [2.75, 3.05) is 23.9 Å². The standard InChI is InChI=1S/C9H15N3OS/c1-8-4-5-9(12-11-8)10-6-3-7-14(2)13/h4-5H,3,6-7H2,1-2H3,(H,10,12). The number of hydrogen-bond donors (Lipinski definition) is 1. The molecule has 14 heavy (non-hydrogen) atoms. The van der Waals surface area contributed by atoms with Gasteiger partial charge in [0, 0.05) is 29.4 Å². The summed E-state index contributed by atoms with van der Waals surface area (Å²) in [6, 6.07) is 3.80. The Morgan fingerprint density at radius 2 is 2.21 bits per heavy atom. The minimum atomic E-state index is -0.703. The molecule has 0 spiro atoms. The Labute approximate surface area is 86.6 Å². The summed E-state index contributed by atoms with van der Waals surface area (Å²) in [5, 5.41) is 11.0. The fourth-order valence-corrected chi connectivity index (χ4v) is 1.54. The SMILES string of the molecule is Cc1ccc(NCCCS(C)=O)nn1. The van der Waals surface area contributed by atoms with Crippen molar-refractivity contribution in [3.63, 3.8) is 0 Å². The molecule has 1 heterocycles. The van der Waals surface area contributed by atoms with E-state index in [1.54, 1.807) is 6.26 Å². The summed E-state index contributed by atoms with van der Waals surface area (Å²) in [5.74, 6) is 1.50. The van der Waals surface area contributed by atoms with E-state index in [4.69, 9.17) is 0 Å². The summed E-state index contributed by atoms with van der Waals surface area (Å²) in [7, 11) is -0.703. The molecule has 0 bridgehead atoms. The fourth-order valence-electron chi connectivity index (χ4n) is 0.985. The van der Waals surface area contributed by atoms with Gasteiger partial charge in [-0.1, -0.05) is 0 Å². The fraction of sp³-hybridized carbons (Fsp3) is 0.556. The first-order chi connectivity index (χ1) is 6.68. The Hall–Kier alpha value is -0.970. The average Bonchev–Trinajstić information content (AvgIpc) is 2.15. The Balaban J connectivity index is 2.25. The zero-order valence-corrected chi connectivity index (χ0v) is 9.30. The summed E-state index contributed by atoms with van der Waals surface area (Å²) in [5.41, 5.74) is 0.908. The van der Waals surface area contributed by atoms with Crippen LogP contribution in [0.25, 0.3) is 0 Å². The second-order valence-electron chi connectivity index (χ2n) is 3.12. The number of hydrogen-bond acceptors (Lipinski definition) is 4. The Morgan fingerprint density at radius 3 is 2.79 bits per heavy atom. The van der Waals surface area contributed by atoms with Crippen molar-refractivity contribution in [1.82, 2.24) is 10.2 Å². The van der Waals surface area contributed by atoms with Crippen molar-refractivity contribution in [3.8, 4) is 0 Å². The third-order valence-corrected chi connectivity index (χ3v) is 2.58. The lowest BCUT2D eigenvalue weighted by Gasteiger charge is -2.03. The molecule has 0 amide bonds. The van der Waals surface area contributed by atoms with Crippen LogP contribution in [0.15, 0.2) is 12.1 Å². The van der Waals surface area contributed by atoms with E-state index in [1.165, 1.54) is 0 Å². The molecule has 0 aliphatic carbocycles. The summed E-state index contributed by atoms with van der Waals surface area (Å²) < 4.78 is 10.8. The predicted molar refractivity (Wildman–Crippen MR) is 58.8 cm³/mol. The number of nitrogens with zero attached hydrogens (tertiary/aromatic N) is 2. The highest BCUT2D eigenvalue weighted by Gasteiger charge is 1.94. The van der Waals surface area contributed by atoms with Gasteiger partial charge in [-0.05, 0) is 25.5 Å². The van der Waals surface area contributed by atoms with Crippen LogP contribution in [0.5, 0.6) is 0 Å². The summed E-state index contributed by atoms with van der Waals surface area (Å²) in [4.78, 5) is 0. The van der Waals surface area contributed by atoms with Gasteiger partial charge in [-0.2, -0.15) is 5.10 Å². The first-order valence-electron chi connectivity index (χ1n) is 4.53. The topological polar surface area (TPSA) is 54.9 Å². The number of rotatable bonds is 5. The molecule has 1 aromatic heterocycles. The second-order valence-corrected chi connectivity index (χ2v) is 4.67.